The highest BCUT2D eigenvalue weighted by molar-refractivity contribution is 7.92. The molecule has 0 saturated carbocycles. The second-order valence-electron chi connectivity index (χ2n) is 5.80. The summed E-state index contributed by atoms with van der Waals surface area (Å²) < 4.78 is 30.6. The van der Waals surface area contributed by atoms with Gasteiger partial charge in [0.1, 0.15) is 11.8 Å². The number of carbonyl (C=O) groups is 1. The van der Waals surface area contributed by atoms with Gasteiger partial charge in [-0.2, -0.15) is 5.10 Å². The van der Waals surface area contributed by atoms with Crippen molar-refractivity contribution < 1.29 is 17.9 Å². The average molecular weight is 444 g/mol. The van der Waals surface area contributed by atoms with E-state index in [0.717, 1.165) is 10.6 Å². The minimum atomic E-state index is -3.73. The van der Waals surface area contributed by atoms with E-state index in [1.54, 1.807) is 42.5 Å². The van der Waals surface area contributed by atoms with Crippen molar-refractivity contribution in [1.29, 1.82) is 0 Å². The Morgan fingerprint density at radius 1 is 1.18 bits per heavy atom. The van der Waals surface area contributed by atoms with Crippen LogP contribution in [0.15, 0.2) is 47.6 Å². The Bertz CT molecular complexity index is 959. The summed E-state index contributed by atoms with van der Waals surface area (Å²) in [5.41, 5.74) is 3.07. The zero-order valence-corrected chi connectivity index (χ0v) is 17.7. The predicted octanol–water partition coefficient (Wildman–Crippen LogP) is 3.31. The van der Waals surface area contributed by atoms with Gasteiger partial charge in [0.25, 0.3) is 5.91 Å². The number of halogens is 2. The largest absolute Gasteiger partial charge is 0.497 e. The van der Waals surface area contributed by atoms with Crippen LogP contribution in [0.3, 0.4) is 0 Å². The Morgan fingerprint density at radius 3 is 2.25 bits per heavy atom. The van der Waals surface area contributed by atoms with Crippen LogP contribution >= 0.6 is 23.2 Å². The Balaban J connectivity index is 2.20. The lowest BCUT2D eigenvalue weighted by Crippen LogP contribution is -2.46. The van der Waals surface area contributed by atoms with Gasteiger partial charge >= 0.3 is 0 Å². The van der Waals surface area contributed by atoms with Crippen LogP contribution in [0.25, 0.3) is 0 Å². The third kappa shape index (κ3) is 5.37. The van der Waals surface area contributed by atoms with Crippen molar-refractivity contribution in [2.45, 2.75) is 13.0 Å². The molecule has 1 amide bonds. The summed E-state index contributed by atoms with van der Waals surface area (Å²) in [5.74, 6) is -0.0591. The van der Waals surface area contributed by atoms with Crippen LogP contribution in [0, 0.1) is 0 Å². The van der Waals surface area contributed by atoms with Crippen molar-refractivity contribution in [2.75, 3.05) is 17.7 Å². The number of nitrogens with zero attached hydrogens (tertiary/aromatic N) is 2. The molecule has 0 fully saturated rings. The lowest BCUT2D eigenvalue weighted by molar-refractivity contribution is -0.121. The van der Waals surface area contributed by atoms with Gasteiger partial charge in [-0.3, -0.25) is 9.10 Å². The fourth-order valence-corrected chi connectivity index (χ4v) is 4.10. The number of carbonyl (C=O) groups excluding carboxylic acids is 1. The molecule has 150 valence electrons. The molecular formula is C18H19Cl2N3O4S. The number of hydrogen-bond acceptors (Lipinski definition) is 5. The van der Waals surface area contributed by atoms with Gasteiger partial charge in [0, 0.05) is 5.56 Å². The van der Waals surface area contributed by atoms with E-state index in [9.17, 15) is 13.2 Å². The number of hydrogen-bond donors (Lipinski definition) is 1. The van der Waals surface area contributed by atoms with E-state index in [0.29, 0.717) is 27.0 Å². The molecule has 2 rings (SSSR count). The highest BCUT2D eigenvalue weighted by Crippen LogP contribution is 2.24. The lowest BCUT2D eigenvalue weighted by Gasteiger charge is -2.27. The van der Waals surface area contributed by atoms with Crippen LogP contribution in [0.4, 0.5) is 5.69 Å². The van der Waals surface area contributed by atoms with Gasteiger partial charge in [0.2, 0.25) is 10.0 Å². The topological polar surface area (TPSA) is 88.1 Å². The molecule has 0 aliphatic rings. The third-order valence-electron chi connectivity index (χ3n) is 3.78. The zero-order valence-electron chi connectivity index (χ0n) is 15.4. The smallest absolute Gasteiger partial charge is 0.263 e. The zero-order chi connectivity index (χ0) is 20.9. The maximum atomic E-state index is 12.5. The number of nitrogens with one attached hydrogen (secondary N) is 1. The number of sulfonamides is 1. The molecule has 2 aromatic carbocycles. The van der Waals surface area contributed by atoms with E-state index in [4.69, 9.17) is 27.9 Å². The number of amides is 1. The molecule has 0 aliphatic heterocycles. The van der Waals surface area contributed by atoms with Crippen LogP contribution in [0.2, 0.25) is 10.0 Å². The molecule has 10 heteroatoms. The van der Waals surface area contributed by atoms with Crippen LogP contribution < -0.4 is 14.5 Å². The van der Waals surface area contributed by atoms with Gasteiger partial charge in [-0.05, 0) is 43.3 Å². The molecule has 7 nitrogen and oxygen atoms in total. The maximum absolute atomic E-state index is 12.5. The van der Waals surface area contributed by atoms with Crippen molar-refractivity contribution in [2.24, 2.45) is 5.10 Å². The van der Waals surface area contributed by atoms with E-state index in [1.165, 1.54) is 20.2 Å². The Kier molecular flexibility index (Phi) is 7.29. The first kappa shape index (κ1) is 22.0. The molecule has 0 aromatic heterocycles. The van der Waals surface area contributed by atoms with Gasteiger partial charge in [-0.1, -0.05) is 29.3 Å². The number of hydrazone groups is 1. The van der Waals surface area contributed by atoms with E-state index in [1.807, 2.05) is 0 Å². The van der Waals surface area contributed by atoms with Gasteiger partial charge < -0.3 is 4.74 Å². The second kappa shape index (κ2) is 9.27. The molecule has 0 bridgehead atoms. The van der Waals surface area contributed by atoms with Crippen LogP contribution in [-0.2, 0) is 14.8 Å². The maximum Gasteiger partial charge on any atom is 0.263 e. The van der Waals surface area contributed by atoms with Crippen LogP contribution in [-0.4, -0.2) is 39.9 Å². The normalized spacial score (nSPS) is 12.6. The second-order valence-corrected chi connectivity index (χ2v) is 8.48. The summed E-state index contributed by atoms with van der Waals surface area (Å²) in [6, 6.07) is 10.2. The first-order chi connectivity index (χ1) is 13.1. The van der Waals surface area contributed by atoms with E-state index >= 15 is 0 Å². The minimum Gasteiger partial charge on any atom is -0.497 e. The highest BCUT2D eigenvalue weighted by atomic mass is 35.5. The fourth-order valence-electron chi connectivity index (χ4n) is 2.43. The first-order valence-electron chi connectivity index (χ1n) is 8.05. The number of methoxy groups -OCH3 is 1. The molecular weight excluding hydrogens is 425 g/mol. The number of anilines is 1. The van der Waals surface area contributed by atoms with Crippen molar-refractivity contribution >= 4 is 51.0 Å². The average Bonchev–Trinajstić information content (AvgIpc) is 2.63. The van der Waals surface area contributed by atoms with Gasteiger partial charge in [-0.25, -0.2) is 13.8 Å². The van der Waals surface area contributed by atoms with Gasteiger partial charge in [0.05, 0.1) is 35.3 Å². The van der Waals surface area contributed by atoms with Crippen molar-refractivity contribution in [1.82, 2.24) is 5.43 Å². The Labute approximate surface area is 173 Å². The van der Waals surface area contributed by atoms with Crippen molar-refractivity contribution in [3.8, 4) is 5.75 Å². The number of rotatable bonds is 7. The van der Waals surface area contributed by atoms with Crippen LogP contribution in [0.5, 0.6) is 5.75 Å². The number of benzene rings is 2. The molecule has 1 N–H and O–H groups in total. The van der Waals surface area contributed by atoms with E-state index in [2.05, 4.69) is 10.5 Å². The standard InChI is InChI=1S/C18H19Cl2N3O4S/c1-12(18(24)22-21-11-15-16(19)5-4-6-17(15)20)23(28(3,25)26)13-7-9-14(27-2)10-8-13/h4-12H,1-3H3,(H,22,24)/b21-11-/t12-/m0/s1. The molecule has 1 atom stereocenters. The van der Waals surface area contributed by atoms with Gasteiger partial charge in [0.15, 0.2) is 0 Å². The third-order valence-corrected chi connectivity index (χ3v) is 5.68. The summed E-state index contributed by atoms with van der Waals surface area (Å²) in [4.78, 5) is 12.5. The van der Waals surface area contributed by atoms with Crippen molar-refractivity contribution in [3.63, 3.8) is 0 Å². The van der Waals surface area contributed by atoms with E-state index < -0.39 is 22.0 Å². The Morgan fingerprint density at radius 2 is 1.75 bits per heavy atom. The fraction of sp³-hybridized carbons (Fsp3) is 0.222. The summed E-state index contributed by atoms with van der Waals surface area (Å²) in [5, 5.41) is 4.57. The molecule has 0 unspecified atom stereocenters. The van der Waals surface area contributed by atoms with Crippen LogP contribution in [0.1, 0.15) is 12.5 Å². The van der Waals surface area contributed by atoms with Crippen molar-refractivity contribution in [3.05, 3.63) is 58.1 Å². The summed E-state index contributed by atoms with van der Waals surface area (Å²) in [7, 11) is -2.23. The highest BCUT2D eigenvalue weighted by Gasteiger charge is 2.29. The lowest BCUT2D eigenvalue weighted by atomic mass is 10.2. The molecule has 0 spiro atoms. The molecule has 28 heavy (non-hydrogen) atoms. The summed E-state index contributed by atoms with van der Waals surface area (Å²) in [6.07, 6.45) is 2.32. The molecule has 2 aromatic rings. The SMILES string of the molecule is COc1ccc(N([C@@H](C)C(=O)N/N=C\c2c(Cl)cccc2Cl)S(C)(=O)=O)cc1. The summed E-state index contributed by atoms with van der Waals surface area (Å²) >= 11 is 12.1. The van der Waals surface area contributed by atoms with Gasteiger partial charge in [-0.15, -0.1) is 0 Å². The molecule has 0 saturated heterocycles. The monoisotopic (exact) mass is 443 g/mol. The first-order valence-corrected chi connectivity index (χ1v) is 10.7. The molecule has 0 radical (unpaired) electrons. The minimum absolute atomic E-state index is 0.323. The predicted molar refractivity (Wildman–Crippen MR) is 112 cm³/mol. The number of ether oxygens (including phenoxy) is 1. The van der Waals surface area contributed by atoms with E-state index in [-0.39, 0.29) is 0 Å². The quantitative estimate of drug-likeness (QED) is 0.524. The molecule has 0 aliphatic carbocycles. The molecule has 0 heterocycles. The Hall–Kier alpha value is -2.29. The summed E-state index contributed by atoms with van der Waals surface area (Å²) in [6.45, 7) is 1.46.